The molecule has 3 amide bonds. The van der Waals surface area contributed by atoms with Gasteiger partial charge in [-0.2, -0.15) is 11.0 Å². The fourth-order valence-electron chi connectivity index (χ4n) is 9.28. The van der Waals surface area contributed by atoms with Crippen LogP contribution in [0.1, 0.15) is 71.3 Å². The Bertz CT molecular complexity index is 2210. The van der Waals surface area contributed by atoms with Crippen LogP contribution in [0.3, 0.4) is 0 Å². The molecule has 4 aromatic rings. The normalized spacial score (nSPS) is 23.2. The summed E-state index contributed by atoms with van der Waals surface area (Å²) in [5, 5.41) is 10.6. The Morgan fingerprint density at radius 2 is 1.78 bits per heavy atom. The molecule has 12 nitrogen and oxygen atoms in total. The van der Waals surface area contributed by atoms with Crippen molar-refractivity contribution in [2.45, 2.75) is 76.2 Å². The van der Waals surface area contributed by atoms with Gasteiger partial charge in [0.25, 0.3) is 12.3 Å². The molecule has 0 radical (unpaired) electrons. The van der Waals surface area contributed by atoms with Gasteiger partial charge in [-0.05, 0) is 55.2 Å². The first-order chi connectivity index (χ1) is 28.0. The number of anilines is 2. The molecule has 1 unspecified atom stereocenters. The van der Waals surface area contributed by atoms with E-state index in [2.05, 4.69) is 65.5 Å². The second-order valence-corrected chi connectivity index (χ2v) is 15.9. The molecule has 15 heteroatoms. The minimum atomic E-state index is -2.41. The molecule has 1 aromatic heterocycles. The number of H-pyrrole nitrogens is 1. The maximum absolute atomic E-state index is 13.7. The van der Waals surface area contributed by atoms with Crippen molar-refractivity contribution in [1.82, 2.24) is 25.3 Å². The van der Waals surface area contributed by atoms with Crippen LogP contribution in [0.5, 0.6) is 11.5 Å². The maximum Gasteiger partial charge on any atom is 1.00 e. The molecule has 2 saturated heterocycles. The first-order valence-corrected chi connectivity index (χ1v) is 20.0. The molecule has 2 N–H and O–H groups in total. The second kappa shape index (κ2) is 17.5. The molecular formula is C44H50F2LiN7O5-2. The van der Waals surface area contributed by atoms with Crippen LogP contribution in [0.2, 0.25) is 0 Å². The van der Waals surface area contributed by atoms with Crippen LogP contribution in [0, 0.1) is 26.7 Å². The largest absolute Gasteiger partial charge is 1.00 e. The minimum absolute atomic E-state index is 0. The standard InChI is InChI=1S/C26H31F2N4O.C18H19N3O4.Li/c1-16-8-10-31(11-9-16)18-4-5-20(24(13-18)33-3)26-19-6-7-23-22(14-29-30-23)21(19)12-17(2)32(26)15-25(27)28;1-3-20-10(2)9-25-16-12-8-21(14-6-7-15(22)19-17(14)23)18(24)11(12)4-5-13(16)20;/h4-7,13-14,16-17,25-26H,1,8-12,15H2,2-3H3,(H,29,30);4-5,10,14H,1-3,6-9H2,(H,19,22,23);/q-1;-2;+1/t17-,26+;10-,14?;/m11./s1. The molecule has 6 heterocycles. The monoisotopic (exact) mass is 801 g/mol. The number of benzene rings is 3. The summed E-state index contributed by atoms with van der Waals surface area (Å²) in [5.41, 5.74) is 7.44. The number of alkyl halides is 2. The zero-order valence-electron chi connectivity index (χ0n) is 34.0. The number of amides is 3. The van der Waals surface area contributed by atoms with E-state index in [4.69, 9.17) is 9.47 Å². The van der Waals surface area contributed by atoms with E-state index in [9.17, 15) is 23.2 Å². The van der Waals surface area contributed by atoms with Crippen LogP contribution < -0.4 is 43.5 Å². The summed E-state index contributed by atoms with van der Waals surface area (Å²) in [6.45, 7) is 17.1. The Morgan fingerprint density at radius 1 is 1.02 bits per heavy atom. The number of halogens is 2. The number of ether oxygens (including phenoxy) is 2. The molecule has 0 spiro atoms. The van der Waals surface area contributed by atoms with Gasteiger partial charge >= 0.3 is 18.9 Å². The summed E-state index contributed by atoms with van der Waals surface area (Å²) in [4.78, 5) is 44.1. The first-order valence-electron chi connectivity index (χ1n) is 20.0. The number of carbonyl (C=O) groups is 3. The number of carbonyl (C=O) groups excluding carboxylic acids is 3. The number of nitrogens with one attached hydrogen (secondary N) is 2. The summed E-state index contributed by atoms with van der Waals surface area (Å²) in [5.74, 6) is 1.01. The Balaban J connectivity index is 0.000000183. The van der Waals surface area contributed by atoms with Gasteiger partial charge in [0.05, 0.1) is 50.2 Å². The van der Waals surface area contributed by atoms with Gasteiger partial charge in [-0.15, -0.1) is 6.54 Å². The number of methoxy groups -OCH3 is 1. The third-order valence-corrected chi connectivity index (χ3v) is 12.4. The predicted molar refractivity (Wildman–Crippen MR) is 217 cm³/mol. The van der Waals surface area contributed by atoms with Crippen LogP contribution in [0.4, 0.5) is 20.2 Å². The van der Waals surface area contributed by atoms with Crippen molar-refractivity contribution < 1.29 is 51.5 Å². The van der Waals surface area contributed by atoms with Gasteiger partial charge < -0.3 is 44.9 Å². The van der Waals surface area contributed by atoms with Crippen LogP contribution >= 0.6 is 0 Å². The number of imide groups is 1. The summed E-state index contributed by atoms with van der Waals surface area (Å²) < 4.78 is 39.1. The van der Waals surface area contributed by atoms with Crippen molar-refractivity contribution in [3.05, 3.63) is 97.2 Å². The summed E-state index contributed by atoms with van der Waals surface area (Å²) in [7, 11) is 1.66. The fraction of sp³-hybridized carbons (Fsp3) is 0.432. The number of piperidine rings is 2. The molecular weight excluding hydrogens is 751 g/mol. The fourth-order valence-corrected chi connectivity index (χ4v) is 9.28. The molecule has 9 rings (SSSR count). The van der Waals surface area contributed by atoms with Gasteiger partial charge in [0.2, 0.25) is 11.8 Å². The Kier molecular flexibility index (Phi) is 12.6. The topological polar surface area (TPSA) is 123 Å². The van der Waals surface area contributed by atoms with E-state index in [-0.39, 0.29) is 61.8 Å². The number of nitrogens with zero attached hydrogens (tertiary/aromatic N) is 5. The van der Waals surface area contributed by atoms with Crippen LogP contribution in [-0.2, 0) is 22.6 Å². The van der Waals surface area contributed by atoms with Gasteiger partial charge in [0.15, 0.2) is 0 Å². The Labute approximate surface area is 356 Å². The number of hydrogen-bond acceptors (Lipinski definition) is 9. The maximum atomic E-state index is 13.7. The van der Waals surface area contributed by atoms with Crippen molar-refractivity contribution in [2.75, 3.05) is 49.7 Å². The number of aromatic amines is 1. The van der Waals surface area contributed by atoms with Gasteiger partial charge in [-0.25, -0.2) is 8.78 Å². The smallest absolute Gasteiger partial charge is 0.496 e. The van der Waals surface area contributed by atoms with E-state index in [1.807, 2.05) is 35.1 Å². The SMILES string of the molecule is [CH2-]C1CCN(c2ccc([C@@H]3c4ccc5[nH]ncc5c4C[C@@H](C)N3CC(F)F)c(OC)c2)CC1.[CH2-]CN1c2ccc3c(c2OC[C@H]1[CH2-])CN(C1CCC(=O)NC1=O)C3=O.[Li+]. The molecule has 0 bridgehead atoms. The van der Waals surface area contributed by atoms with Gasteiger partial charge in [-0.3, -0.25) is 29.7 Å². The van der Waals surface area contributed by atoms with Crippen molar-refractivity contribution >= 4 is 40.0 Å². The Morgan fingerprint density at radius 3 is 2.49 bits per heavy atom. The van der Waals surface area contributed by atoms with Gasteiger partial charge in [0, 0.05) is 59.4 Å². The summed E-state index contributed by atoms with van der Waals surface area (Å²) in [6, 6.07) is 12.9. The third kappa shape index (κ3) is 8.03. The molecule has 5 aliphatic rings. The molecule has 2 fully saturated rings. The average Bonchev–Trinajstić information content (AvgIpc) is 3.83. The summed E-state index contributed by atoms with van der Waals surface area (Å²) in [6.07, 6.45) is 2.86. The van der Waals surface area contributed by atoms with Crippen LogP contribution in [-0.4, -0.2) is 102 Å². The number of aromatic nitrogens is 2. The molecule has 3 aromatic carbocycles. The molecule has 4 atom stereocenters. The minimum Gasteiger partial charge on any atom is -0.496 e. The van der Waals surface area contributed by atoms with Crippen molar-refractivity contribution in [2.24, 2.45) is 5.92 Å². The van der Waals surface area contributed by atoms with E-state index >= 15 is 0 Å². The molecule has 0 aliphatic carbocycles. The van der Waals surface area contributed by atoms with Crippen LogP contribution in [0.25, 0.3) is 10.9 Å². The number of hydrogen-bond donors (Lipinski definition) is 2. The van der Waals surface area contributed by atoms with Crippen molar-refractivity contribution in [1.29, 1.82) is 0 Å². The number of rotatable bonds is 7. The van der Waals surface area contributed by atoms with Gasteiger partial charge in [0.1, 0.15) is 17.5 Å². The van der Waals surface area contributed by atoms with Gasteiger partial charge in [-0.1, -0.05) is 31.0 Å². The van der Waals surface area contributed by atoms with E-state index in [0.717, 1.165) is 70.6 Å². The molecule has 5 aliphatic heterocycles. The summed E-state index contributed by atoms with van der Waals surface area (Å²) >= 11 is 0. The third-order valence-electron chi connectivity index (χ3n) is 12.4. The average molecular weight is 802 g/mol. The van der Waals surface area contributed by atoms with E-state index < -0.39 is 18.4 Å². The van der Waals surface area contributed by atoms with Crippen molar-refractivity contribution in [3.63, 3.8) is 0 Å². The number of fused-ring (bicyclic) bond motifs is 6. The van der Waals surface area contributed by atoms with E-state index in [1.54, 1.807) is 13.2 Å². The van der Waals surface area contributed by atoms with Crippen LogP contribution in [0.15, 0.2) is 48.7 Å². The first kappa shape index (κ1) is 42.5. The second-order valence-electron chi connectivity index (χ2n) is 15.9. The quantitative estimate of drug-likeness (QED) is 0.165. The zero-order valence-corrected chi connectivity index (χ0v) is 34.0. The zero-order chi connectivity index (χ0) is 40.8. The van der Waals surface area contributed by atoms with Crippen molar-refractivity contribution in [3.8, 4) is 11.5 Å². The Hall–Kier alpha value is -4.64. The van der Waals surface area contributed by atoms with E-state index in [0.29, 0.717) is 49.8 Å². The molecule has 59 heavy (non-hydrogen) atoms. The predicted octanol–water partition coefficient (Wildman–Crippen LogP) is 2.91. The van der Waals surface area contributed by atoms with E-state index in [1.165, 1.54) is 10.5 Å². The molecule has 0 saturated carbocycles. The molecule has 308 valence electrons.